The van der Waals surface area contributed by atoms with Crippen molar-refractivity contribution in [2.75, 3.05) is 0 Å². The third-order valence-corrected chi connectivity index (χ3v) is 9.95. The first-order valence-corrected chi connectivity index (χ1v) is 18.9. The predicted octanol–water partition coefficient (Wildman–Crippen LogP) is 14.8. The zero-order valence-corrected chi connectivity index (χ0v) is 32.8. The van der Waals surface area contributed by atoms with E-state index in [2.05, 4.69) is 159 Å². The minimum atomic E-state index is 0.642. The van der Waals surface area contributed by atoms with Crippen LogP contribution in [0.25, 0.3) is 0 Å². The van der Waals surface area contributed by atoms with Gasteiger partial charge in [-0.15, -0.1) is 0 Å². The molecule has 1 aromatic carbocycles. The summed E-state index contributed by atoms with van der Waals surface area (Å²) in [5, 5.41) is 0. The molecular weight excluding hydrogens is 528 g/mol. The number of allylic oxidation sites excluding steroid dienone is 4. The molecule has 2 aliphatic rings. The van der Waals surface area contributed by atoms with E-state index in [0.29, 0.717) is 23.7 Å². The third kappa shape index (κ3) is 17.4. The van der Waals surface area contributed by atoms with Crippen molar-refractivity contribution in [2.24, 2.45) is 59.2 Å². The molecular formula is C44H80. The second-order valence-electron chi connectivity index (χ2n) is 16.7. The Hall–Kier alpha value is -1.30. The van der Waals surface area contributed by atoms with Crippen LogP contribution in [0.4, 0.5) is 0 Å². The van der Waals surface area contributed by atoms with E-state index in [1.165, 1.54) is 49.7 Å². The zero-order valence-electron chi connectivity index (χ0n) is 32.8. The molecule has 4 unspecified atom stereocenters. The van der Waals surface area contributed by atoms with Crippen LogP contribution < -0.4 is 0 Å². The van der Waals surface area contributed by atoms with Gasteiger partial charge in [0.2, 0.25) is 0 Å². The van der Waals surface area contributed by atoms with Gasteiger partial charge < -0.3 is 0 Å². The predicted molar refractivity (Wildman–Crippen MR) is 204 cm³/mol. The maximum atomic E-state index is 2.39. The Kier molecular flexibility index (Phi) is 22.4. The second kappa shape index (κ2) is 23.1. The summed E-state index contributed by atoms with van der Waals surface area (Å²) in [6, 6.07) is 8.72. The Labute approximate surface area is 279 Å². The summed E-state index contributed by atoms with van der Waals surface area (Å²) >= 11 is 0. The van der Waals surface area contributed by atoms with Gasteiger partial charge in [-0.3, -0.25) is 0 Å². The van der Waals surface area contributed by atoms with Gasteiger partial charge in [0.25, 0.3) is 0 Å². The van der Waals surface area contributed by atoms with E-state index in [9.17, 15) is 0 Å². The quantitative estimate of drug-likeness (QED) is 0.258. The molecule has 0 nitrogen and oxygen atoms in total. The molecule has 0 bridgehead atoms. The molecule has 0 heteroatoms. The van der Waals surface area contributed by atoms with Crippen molar-refractivity contribution < 1.29 is 0 Å². The Morgan fingerprint density at radius 3 is 0.977 bits per heavy atom. The average molecular weight is 609 g/mol. The van der Waals surface area contributed by atoms with Gasteiger partial charge >= 0.3 is 0 Å². The van der Waals surface area contributed by atoms with Gasteiger partial charge in [-0.2, -0.15) is 0 Å². The van der Waals surface area contributed by atoms with Crippen LogP contribution in [0.5, 0.6) is 0 Å². The van der Waals surface area contributed by atoms with Crippen LogP contribution in [0, 0.1) is 59.2 Å². The fourth-order valence-corrected chi connectivity index (χ4v) is 7.24. The van der Waals surface area contributed by atoms with Crippen LogP contribution in [0.3, 0.4) is 0 Å². The van der Waals surface area contributed by atoms with E-state index >= 15 is 0 Å². The Balaban J connectivity index is 0.000000567. The fraction of sp³-hybridized carbons (Fsp3) is 0.773. The first-order chi connectivity index (χ1) is 20.5. The van der Waals surface area contributed by atoms with Gasteiger partial charge in [0, 0.05) is 0 Å². The van der Waals surface area contributed by atoms with Crippen molar-refractivity contribution in [2.45, 2.75) is 161 Å². The molecule has 0 amide bonds. The lowest BCUT2D eigenvalue weighted by atomic mass is 9.69. The van der Waals surface area contributed by atoms with Crippen molar-refractivity contribution >= 4 is 0 Å². The number of rotatable bonds is 8. The Morgan fingerprint density at radius 1 is 0.455 bits per heavy atom. The van der Waals surface area contributed by atoms with Crippen LogP contribution in [-0.2, 0) is 0 Å². The average Bonchev–Trinajstić information content (AvgIpc) is 2.97. The highest BCUT2D eigenvalue weighted by molar-refractivity contribution is 5.31. The Morgan fingerprint density at radius 2 is 0.750 bits per heavy atom. The van der Waals surface area contributed by atoms with E-state index in [1.54, 1.807) is 0 Å². The van der Waals surface area contributed by atoms with E-state index in [0.717, 1.165) is 47.3 Å². The van der Waals surface area contributed by atoms with Crippen LogP contribution >= 0.6 is 0 Å². The standard InChI is InChI=1S/C12H24.C12H22.C12H18.C8H16/c3*1-9(2)11-7-5-6-8-12(11)10(3)4;1-7(2)5-6-8(3)4/h9-12H,5-8H2,1-4H3;5-6,9-12H,7-8H2,1-4H3;5-10H,1-4H3;5-8H,1-4H3/b;;;6-5-. The third-order valence-electron chi connectivity index (χ3n) is 9.95. The van der Waals surface area contributed by atoms with E-state index < -0.39 is 0 Å². The summed E-state index contributed by atoms with van der Waals surface area (Å²) in [6.45, 7) is 36.8. The molecule has 3 rings (SSSR count). The molecule has 0 radical (unpaired) electrons. The van der Waals surface area contributed by atoms with Crippen LogP contribution in [0.2, 0.25) is 0 Å². The highest BCUT2D eigenvalue weighted by atomic mass is 14.3. The molecule has 0 saturated heterocycles. The molecule has 0 spiro atoms. The molecule has 0 aliphatic heterocycles. The first-order valence-electron chi connectivity index (χ1n) is 18.9. The maximum Gasteiger partial charge on any atom is -0.0216 e. The van der Waals surface area contributed by atoms with Crippen molar-refractivity contribution in [1.29, 1.82) is 0 Å². The normalized spacial score (nSPS) is 22.1. The van der Waals surface area contributed by atoms with Crippen molar-refractivity contribution in [1.82, 2.24) is 0 Å². The van der Waals surface area contributed by atoms with E-state index in [1.807, 2.05) is 0 Å². The van der Waals surface area contributed by atoms with Gasteiger partial charge in [0.05, 0.1) is 0 Å². The fourth-order valence-electron chi connectivity index (χ4n) is 7.24. The highest BCUT2D eigenvalue weighted by Crippen LogP contribution is 2.39. The van der Waals surface area contributed by atoms with Crippen molar-refractivity contribution in [3.8, 4) is 0 Å². The van der Waals surface area contributed by atoms with E-state index in [4.69, 9.17) is 0 Å². The van der Waals surface area contributed by atoms with Crippen molar-refractivity contribution in [3.63, 3.8) is 0 Å². The largest absolute Gasteiger partial charge is 0.0882 e. The maximum absolute atomic E-state index is 2.39. The summed E-state index contributed by atoms with van der Waals surface area (Å²) in [4.78, 5) is 0. The summed E-state index contributed by atoms with van der Waals surface area (Å²) in [7, 11) is 0. The van der Waals surface area contributed by atoms with Gasteiger partial charge in [-0.25, -0.2) is 0 Å². The monoisotopic (exact) mass is 609 g/mol. The van der Waals surface area contributed by atoms with Crippen LogP contribution in [-0.4, -0.2) is 0 Å². The molecule has 0 heterocycles. The topological polar surface area (TPSA) is 0 Å². The molecule has 4 atom stereocenters. The zero-order chi connectivity index (χ0) is 34.0. The number of benzene rings is 1. The molecule has 0 aromatic heterocycles. The molecule has 0 N–H and O–H groups in total. The summed E-state index contributed by atoms with van der Waals surface area (Å²) in [5.74, 6) is 10.1. The number of hydrogen-bond donors (Lipinski definition) is 0. The minimum Gasteiger partial charge on any atom is -0.0882 e. The van der Waals surface area contributed by atoms with Crippen LogP contribution in [0.1, 0.15) is 172 Å². The lowest BCUT2D eigenvalue weighted by Gasteiger charge is -2.37. The number of hydrogen-bond acceptors (Lipinski definition) is 0. The van der Waals surface area contributed by atoms with Gasteiger partial charge in [0.15, 0.2) is 0 Å². The SMILES string of the molecule is CC(C)/C=C\C(C)C.CC(C)C1CC=CCC1C(C)C.CC(C)C1CCCCC1C(C)C.CC(C)c1ccccc1C(C)C. The van der Waals surface area contributed by atoms with E-state index in [-0.39, 0.29) is 0 Å². The summed E-state index contributed by atoms with van der Waals surface area (Å²) in [5.41, 5.74) is 2.99. The summed E-state index contributed by atoms with van der Waals surface area (Å²) in [6.07, 6.45) is 17.8. The highest BCUT2D eigenvalue weighted by Gasteiger charge is 2.29. The van der Waals surface area contributed by atoms with Gasteiger partial charge in [-0.1, -0.05) is 172 Å². The smallest absolute Gasteiger partial charge is 0.0216 e. The van der Waals surface area contributed by atoms with Crippen molar-refractivity contribution in [3.05, 3.63) is 59.7 Å². The Bertz CT molecular complexity index is 804. The molecule has 1 fully saturated rings. The molecule has 1 aromatic rings. The molecule has 256 valence electrons. The lowest BCUT2D eigenvalue weighted by molar-refractivity contribution is 0.136. The van der Waals surface area contributed by atoms with Gasteiger partial charge in [-0.05, 0) is 108 Å². The van der Waals surface area contributed by atoms with Crippen LogP contribution in [0.15, 0.2) is 48.6 Å². The lowest BCUT2D eigenvalue weighted by Crippen LogP contribution is -2.27. The molecule has 2 aliphatic carbocycles. The molecule has 44 heavy (non-hydrogen) atoms. The first kappa shape index (κ1) is 42.7. The van der Waals surface area contributed by atoms with Gasteiger partial charge in [0.1, 0.15) is 0 Å². The molecule has 1 saturated carbocycles. The minimum absolute atomic E-state index is 0.642. The summed E-state index contributed by atoms with van der Waals surface area (Å²) < 4.78 is 0. The second-order valence-corrected chi connectivity index (χ2v) is 16.7.